The van der Waals surface area contributed by atoms with Crippen molar-refractivity contribution in [2.75, 3.05) is 40.3 Å². The second-order valence-electron chi connectivity index (χ2n) is 2.87. The molecule has 0 bridgehead atoms. The minimum atomic E-state index is -0.105. The third kappa shape index (κ3) is 5.50. The van der Waals surface area contributed by atoms with E-state index in [0.29, 0.717) is 13.1 Å². The van der Waals surface area contributed by atoms with Gasteiger partial charge in [0.25, 0.3) is 0 Å². The summed E-state index contributed by atoms with van der Waals surface area (Å²) in [4.78, 5) is 23.3. The van der Waals surface area contributed by atoms with Crippen molar-refractivity contribution in [2.45, 2.75) is 0 Å². The van der Waals surface area contributed by atoms with Crippen molar-refractivity contribution >= 4 is 11.8 Å². The average Bonchev–Trinajstić information content (AvgIpc) is 2.22. The highest BCUT2D eigenvalue weighted by Gasteiger charge is 2.04. The van der Waals surface area contributed by atoms with Crippen molar-refractivity contribution in [2.24, 2.45) is 5.73 Å². The number of likely N-dealkylation sites (N-methyl/N-ethyl adjacent to an activating group) is 2. The molecule has 0 aliphatic rings. The predicted molar refractivity (Wildman–Crippen MR) is 53.6 cm³/mol. The van der Waals surface area contributed by atoms with Crippen LogP contribution in [0.2, 0.25) is 0 Å². The number of nitrogens with two attached hydrogens (primary N) is 1. The zero-order chi connectivity index (χ0) is 11.0. The number of rotatable bonds is 6. The topological polar surface area (TPSA) is 87.5 Å². The van der Waals surface area contributed by atoms with E-state index in [9.17, 15) is 9.59 Å². The molecule has 0 aliphatic carbocycles. The summed E-state index contributed by atoms with van der Waals surface area (Å²) in [5, 5.41) is 5.38. The summed E-state index contributed by atoms with van der Waals surface area (Å²) in [7, 11) is 3.25. The first-order chi connectivity index (χ1) is 6.61. The van der Waals surface area contributed by atoms with E-state index in [1.807, 2.05) is 0 Å². The number of carbonyl (C=O) groups excluding carboxylic acids is 2. The molecule has 0 saturated carbocycles. The molecule has 0 heterocycles. The normalized spacial score (nSPS) is 9.64. The van der Waals surface area contributed by atoms with Crippen LogP contribution >= 0.6 is 0 Å². The maximum absolute atomic E-state index is 11.0. The maximum Gasteiger partial charge on any atom is 0.236 e. The van der Waals surface area contributed by atoms with E-state index in [4.69, 9.17) is 5.73 Å². The highest BCUT2D eigenvalue weighted by molar-refractivity contribution is 5.78. The van der Waals surface area contributed by atoms with Crippen molar-refractivity contribution in [1.29, 1.82) is 0 Å². The highest BCUT2D eigenvalue weighted by atomic mass is 16.2. The fourth-order valence-corrected chi connectivity index (χ4v) is 0.818. The molecule has 0 aromatic rings. The van der Waals surface area contributed by atoms with Crippen molar-refractivity contribution in [3.05, 3.63) is 0 Å². The van der Waals surface area contributed by atoms with Gasteiger partial charge in [0.15, 0.2) is 0 Å². The fraction of sp³-hybridized carbons (Fsp3) is 0.750. The largest absolute Gasteiger partial charge is 0.358 e. The van der Waals surface area contributed by atoms with Crippen molar-refractivity contribution in [1.82, 2.24) is 15.5 Å². The van der Waals surface area contributed by atoms with Gasteiger partial charge < -0.3 is 21.3 Å². The second-order valence-corrected chi connectivity index (χ2v) is 2.87. The smallest absolute Gasteiger partial charge is 0.236 e. The Bertz CT molecular complexity index is 196. The summed E-state index contributed by atoms with van der Waals surface area (Å²) in [6, 6.07) is 0. The van der Waals surface area contributed by atoms with Crippen LogP contribution in [0.3, 0.4) is 0 Å². The summed E-state index contributed by atoms with van der Waals surface area (Å²) >= 11 is 0. The van der Waals surface area contributed by atoms with E-state index in [1.165, 1.54) is 4.90 Å². The standard InChI is InChI=1S/C8H18N4O2/c1-10-7(13)6-11-3-4-12(2)8(14)5-9/h11H,3-6,9H2,1-2H3,(H,10,13). The molecule has 14 heavy (non-hydrogen) atoms. The van der Waals surface area contributed by atoms with Crippen molar-refractivity contribution in [3.63, 3.8) is 0 Å². The first-order valence-corrected chi connectivity index (χ1v) is 4.47. The van der Waals surface area contributed by atoms with Gasteiger partial charge in [-0.3, -0.25) is 9.59 Å². The van der Waals surface area contributed by atoms with Gasteiger partial charge in [0.1, 0.15) is 0 Å². The van der Waals surface area contributed by atoms with Gasteiger partial charge in [0.2, 0.25) is 11.8 Å². The van der Waals surface area contributed by atoms with Crippen LogP contribution in [-0.4, -0.2) is 57.0 Å². The molecule has 0 atom stereocenters. The lowest BCUT2D eigenvalue weighted by Gasteiger charge is -2.15. The molecule has 6 nitrogen and oxygen atoms in total. The third-order valence-corrected chi connectivity index (χ3v) is 1.79. The Hall–Kier alpha value is -1.14. The summed E-state index contributed by atoms with van der Waals surface area (Å²) in [6.07, 6.45) is 0. The number of hydrogen-bond donors (Lipinski definition) is 3. The van der Waals surface area contributed by atoms with Crippen LogP contribution in [0.1, 0.15) is 0 Å². The molecule has 0 fully saturated rings. The van der Waals surface area contributed by atoms with Crippen LogP contribution in [0, 0.1) is 0 Å². The molecule has 4 N–H and O–H groups in total. The van der Waals surface area contributed by atoms with E-state index < -0.39 is 0 Å². The molecule has 2 amide bonds. The summed E-state index contributed by atoms with van der Waals surface area (Å²) in [5.41, 5.74) is 5.17. The molecule has 0 spiro atoms. The van der Waals surface area contributed by atoms with Gasteiger partial charge in [-0.15, -0.1) is 0 Å². The van der Waals surface area contributed by atoms with Gasteiger partial charge in [-0.25, -0.2) is 0 Å². The lowest BCUT2D eigenvalue weighted by Crippen LogP contribution is -2.39. The molecule has 6 heteroatoms. The first kappa shape index (κ1) is 12.9. The van der Waals surface area contributed by atoms with Gasteiger partial charge in [0, 0.05) is 27.2 Å². The minimum Gasteiger partial charge on any atom is -0.358 e. The number of nitrogens with one attached hydrogen (secondary N) is 2. The fourth-order valence-electron chi connectivity index (χ4n) is 0.818. The molecule has 0 aromatic heterocycles. The van der Waals surface area contributed by atoms with E-state index in [2.05, 4.69) is 10.6 Å². The molecule has 0 radical (unpaired) electrons. The van der Waals surface area contributed by atoms with E-state index in [1.54, 1.807) is 14.1 Å². The molecular weight excluding hydrogens is 184 g/mol. The summed E-state index contributed by atoms with van der Waals surface area (Å²) < 4.78 is 0. The maximum atomic E-state index is 11.0. The van der Waals surface area contributed by atoms with Gasteiger partial charge >= 0.3 is 0 Å². The van der Waals surface area contributed by atoms with Crippen LogP contribution in [0.15, 0.2) is 0 Å². The Morgan fingerprint density at radius 3 is 2.57 bits per heavy atom. The molecular formula is C8H18N4O2. The number of nitrogens with zero attached hydrogens (tertiary/aromatic N) is 1. The molecule has 0 aliphatic heterocycles. The summed E-state index contributed by atoms with van der Waals surface area (Å²) in [5.74, 6) is -0.176. The number of amides is 2. The minimum absolute atomic E-state index is 0.0198. The lowest BCUT2D eigenvalue weighted by molar-refractivity contribution is -0.128. The van der Waals surface area contributed by atoms with Crippen LogP contribution in [0.25, 0.3) is 0 Å². The molecule has 0 rings (SSSR count). The monoisotopic (exact) mass is 202 g/mol. The lowest BCUT2D eigenvalue weighted by atomic mass is 10.4. The van der Waals surface area contributed by atoms with Gasteiger partial charge in [-0.05, 0) is 0 Å². The van der Waals surface area contributed by atoms with E-state index >= 15 is 0 Å². The summed E-state index contributed by atoms with van der Waals surface area (Å²) in [6.45, 7) is 1.41. The molecule has 0 saturated heterocycles. The Kier molecular flexibility index (Phi) is 6.69. The third-order valence-electron chi connectivity index (χ3n) is 1.79. The van der Waals surface area contributed by atoms with Gasteiger partial charge in [-0.1, -0.05) is 0 Å². The SMILES string of the molecule is CNC(=O)CNCCN(C)C(=O)CN. The van der Waals surface area contributed by atoms with Crippen molar-refractivity contribution < 1.29 is 9.59 Å². The predicted octanol–water partition coefficient (Wildman–Crippen LogP) is -2.26. The average molecular weight is 202 g/mol. The van der Waals surface area contributed by atoms with E-state index in [-0.39, 0.29) is 24.9 Å². The zero-order valence-corrected chi connectivity index (χ0v) is 8.67. The second kappa shape index (κ2) is 7.28. The molecule has 0 unspecified atom stereocenters. The van der Waals surface area contributed by atoms with E-state index in [0.717, 1.165) is 0 Å². The Labute approximate surface area is 83.8 Å². The highest BCUT2D eigenvalue weighted by Crippen LogP contribution is 1.80. The van der Waals surface area contributed by atoms with Crippen LogP contribution < -0.4 is 16.4 Å². The van der Waals surface area contributed by atoms with Crippen molar-refractivity contribution in [3.8, 4) is 0 Å². The van der Waals surface area contributed by atoms with Crippen LogP contribution in [-0.2, 0) is 9.59 Å². The van der Waals surface area contributed by atoms with Crippen LogP contribution in [0.4, 0.5) is 0 Å². The quantitative estimate of drug-likeness (QED) is 0.424. The zero-order valence-electron chi connectivity index (χ0n) is 8.67. The van der Waals surface area contributed by atoms with Crippen LogP contribution in [0.5, 0.6) is 0 Å². The molecule has 0 aromatic carbocycles. The number of hydrogen-bond acceptors (Lipinski definition) is 4. The Morgan fingerprint density at radius 2 is 2.07 bits per heavy atom. The first-order valence-electron chi connectivity index (χ1n) is 4.47. The number of carbonyl (C=O) groups is 2. The van der Waals surface area contributed by atoms with Gasteiger partial charge in [0.05, 0.1) is 13.1 Å². The Balaban J connectivity index is 3.45. The molecule has 82 valence electrons. The van der Waals surface area contributed by atoms with Gasteiger partial charge in [-0.2, -0.15) is 0 Å². The Morgan fingerprint density at radius 1 is 1.43 bits per heavy atom.